The van der Waals surface area contributed by atoms with Crippen molar-refractivity contribution in [1.82, 2.24) is 9.97 Å². The standard InChI is InChI=1S/C12H15N3O2/c1-8-9(10(16)17)6-13-11(14-8)15-5-4-12(7-15)2-3-12/h6H,2-5,7H2,1H3,(H,16,17). The van der Waals surface area contributed by atoms with Crippen LogP contribution in [0.15, 0.2) is 6.20 Å². The molecule has 3 rings (SSSR count). The van der Waals surface area contributed by atoms with E-state index in [0.717, 1.165) is 13.1 Å². The van der Waals surface area contributed by atoms with Gasteiger partial charge in [-0.3, -0.25) is 0 Å². The van der Waals surface area contributed by atoms with Crippen molar-refractivity contribution >= 4 is 11.9 Å². The van der Waals surface area contributed by atoms with Crippen molar-refractivity contribution in [3.05, 3.63) is 17.5 Å². The minimum absolute atomic E-state index is 0.189. The van der Waals surface area contributed by atoms with Crippen molar-refractivity contribution in [3.63, 3.8) is 0 Å². The average Bonchev–Trinajstić information content (AvgIpc) is 2.88. The highest BCUT2D eigenvalue weighted by molar-refractivity contribution is 5.88. The van der Waals surface area contributed by atoms with Crippen LogP contribution in [0.25, 0.3) is 0 Å². The fourth-order valence-electron chi connectivity index (χ4n) is 2.51. The fourth-order valence-corrected chi connectivity index (χ4v) is 2.51. The van der Waals surface area contributed by atoms with Crippen LogP contribution in [0.3, 0.4) is 0 Å². The number of carboxylic acid groups (broad SMARTS) is 1. The van der Waals surface area contributed by atoms with Gasteiger partial charge in [0.25, 0.3) is 0 Å². The molecule has 0 amide bonds. The number of hydrogen-bond donors (Lipinski definition) is 1. The summed E-state index contributed by atoms with van der Waals surface area (Å²) in [5, 5.41) is 8.92. The van der Waals surface area contributed by atoms with Crippen LogP contribution >= 0.6 is 0 Å². The molecule has 1 aromatic rings. The smallest absolute Gasteiger partial charge is 0.339 e. The summed E-state index contributed by atoms with van der Waals surface area (Å²) in [5.74, 6) is -0.287. The van der Waals surface area contributed by atoms with E-state index in [2.05, 4.69) is 14.9 Å². The molecule has 1 N–H and O–H groups in total. The normalized spacial score (nSPS) is 20.9. The third-order valence-electron chi connectivity index (χ3n) is 3.88. The van der Waals surface area contributed by atoms with Gasteiger partial charge >= 0.3 is 5.97 Å². The van der Waals surface area contributed by atoms with Gasteiger partial charge in [0, 0.05) is 19.3 Å². The SMILES string of the molecule is Cc1nc(N2CCC3(CC3)C2)ncc1C(=O)O. The molecule has 0 bridgehead atoms. The monoisotopic (exact) mass is 233 g/mol. The van der Waals surface area contributed by atoms with Crippen LogP contribution in [0.1, 0.15) is 35.3 Å². The summed E-state index contributed by atoms with van der Waals surface area (Å²) >= 11 is 0. The summed E-state index contributed by atoms with van der Waals surface area (Å²) in [5.41, 5.74) is 1.26. The van der Waals surface area contributed by atoms with E-state index in [0.29, 0.717) is 17.1 Å². The minimum Gasteiger partial charge on any atom is -0.478 e. The predicted molar refractivity (Wildman–Crippen MR) is 62.2 cm³/mol. The second-order valence-electron chi connectivity index (χ2n) is 5.15. The second kappa shape index (κ2) is 3.42. The Kier molecular flexibility index (Phi) is 2.11. The first-order chi connectivity index (χ1) is 8.10. The molecular weight excluding hydrogens is 218 g/mol. The Hall–Kier alpha value is -1.65. The van der Waals surface area contributed by atoms with Crippen LogP contribution in [0, 0.1) is 12.3 Å². The predicted octanol–water partition coefficient (Wildman–Crippen LogP) is 1.47. The van der Waals surface area contributed by atoms with Gasteiger partial charge in [-0.1, -0.05) is 0 Å². The topological polar surface area (TPSA) is 66.3 Å². The highest BCUT2D eigenvalue weighted by atomic mass is 16.4. The molecule has 90 valence electrons. The molecule has 17 heavy (non-hydrogen) atoms. The number of carbonyl (C=O) groups is 1. The third kappa shape index (κ3) is 1.75. The summed E-state index contributed by atoms with van der Waals surface area (Å²) in [4.78, 5) is 21.5. The maximum atomic E-state index is 10.9. The average molecular weight is 233 g/mol. The molecule has 0 atom stereocenters. The van der Waals surface area contributed by atoms with E-state index in [-0.39, 0.29) is 5.56 Å². The molecule has 1 aliphatic heterocycles. The minimum atomic E-state index is -0.964. The summed E-state index contributed by atoms with van der Waals surface area (Å²) in [7, 11) is 0. The van der Waals surface area contributed by atoms with Gasteiger partial charge in [-0.25, -0.2) is 14.8 Å². The summed E-state index contributed by atoms with van der Waals surface area (Å²) in [6.07, 6.45) is 5.26. The van der Waals surface area contributed by atoms with Gasteiger partial charge < -0.3 is 10.0 Å². The summed E-state index contributed by atoms with van der Waals surface area (Å²) in [6, 6.07) is 0. The van der Waals surface area contributed by atoms with Crippen molar-refractivity contribution in [2.45, 2.75) is 26.2 Å². The van der Waals surface area contributed by atoms with Gasteiger partial charge in [0.05, 0.1) is 11.3 Å². The second-order valence-corrected chi connectivity index (χ2v) is 5.15. The zero-order valence-corrected chi connectivity index (χ0v) is 9.81. The molecule has 0 unspecified atom stereocenters. The number of carboxylic acids is 1. The molecule has 1 aromatic heterocycles. The number of nitrogens with zero attached hydrogens (tertiary/aromatic N) is 3. The lowest BCUT2D eigenvalue weighted by molar-refractivity contribution is 0.0695. The Labute approximate surface area is 99.5 Å². The van der Waals surface area contributed by atoms with Crippen molar-refractivity contribution in [2.75, 3.05) is 18.0 Å². The van der Waals surface area contributed by atoms with Crippen LogP contribution in [-0.4, -0.2) is 34.1 Å². The zero-order chi connectivity index (χ0) is 12.0. The number of aromatic carboxylic acids is 1. The van der Waals surface area contributed by atoms with Crippen LogP contribution in [-0.2, 0) is 0 Å². The van der Waals surface area contributed by atoms with Crippen LogP contribution in [0.4, 0.5) is 5.95 Å². The van der Waals surface area contributed by atoms with Gasteiger partial charge in [-0.2, -0.15) is 0 Å². The van der Waals surface area contributed by atoms with E-state index >= 15 is 0 Å². The highest BCUT2D eigenvalue weighted by Crippen LogP contribution is 2.52. The Bertz CT molecular complexity index is 483. The molecule has 2 aliphatic rings. The van der Waals surface area contributed by atoms with Crippen molar-refractivity contribution in [1.29, 1.82) is 0 Å². The Morgan fingerprint density at radius 2 is 2.24 bits per heavy atom. The number of hydrogen-bond acceptors (Lipinski definition) is 4. The summed E-state index contributed by atoms with van der Waals surface area (Å²) < 4.78 is 0. The Morgan fingerprint density at radius 3 is 2.76 bits per heavy atom. The Balaban J connectivity index is 1.84. The quantitative estimate of drug-likeness (QED) is 0.838. The molecule has 1 spiro atoms. The summed E-state index contributed by atoms with van der Waals surface area (Å²) in [6.45, 7) is 3.74. The van der Waals surface area contributed by atoms with Gasteiger partial charge in [-0.05, 0) is 31.6 Å². The molecule has 2 heterocycles. The van der Waals surface area contributed by atoms with Crippen molar-refractivity contribution in [3.8, 4) is 0 Å². The molecule has 1 aliphatic carbocycles. The molecule has 1 saturated carbocycles. The van der Waals surface area contributed by atoms with Crippen LogP contribution in [0.5, 0.6) is 0 Å². The van der Waals surface area contributed by atoms with Gasteiger partial charge in [0.1, 0.15) is 0 Å². The lowest BCUT2D eigenvalue weighted by atomic mass is 10.1. The van der Waals surface area contributed by atoms with Gasteiger partial charge in [-0.15, -0.1) is 0 Å². The first-order valence-corrected chi connectivity index (χ1v) is 5.92. The van der Waals surface area contributed by atoms with Crippen LogP contribution in [0.2, 0.25) is 0 Å². The largest absolute Gasteiger partial charge is 0.478 e. The van der Waals surface area contributed by atoms with Crippen molar-refractivity contribution < 1.29 is 9.90 Å². The number of aryl methyl sites for hydroxylation is 1. The lowest BCUT2D eigenvalue weighted by Crippen LogP contribution is -2.23. The number of aromatic nitrogens is 2. The molecule has 1 saturated heterocycles. The Morgan fingerprint density at radius 1 is 1.47 bits per heavy atom. The zero-order valence-electron chi connectivity index (χ0n) is 9.81. The van der Waals surface area contributed by atoms with E-state index in [9.17, 15) is 4.79 Å². The molecule has 2 fully saturated rings. The van der Waals surface area contributed by atoms with E-state index in [1.165, 1.54) is 25.5 Å². The van der Waals surface area contributed by atoms with Crippen LogP contribution < -0.4 is 4.90 Å². The van der Waals surface area contributed by atoms with E-state index in [1.807, 2.05) is 0 Å². The number of rotatable bonds is 2. The molecular formula is C12H15N3O2. The fraction of sp³-hybridized carbons (Fsp3) is 0.583. The number of anilines is 1. The highest BCUT2D eigenvalue weighted by Gasteiger charge is 2.48. The maximum Gasteiger partial charge on any atom is 0.339 e. The lowest BCUT2D eigenvalue weighted by Gasteiger charge is -2.16. The van der Waals surface area contributed by atoms with Crippen molar-refractivity contribution in [2.24, 2.45) is 5.41 Å². The molecule has 5 nitrogen and oxygen atoms in total. The molecule has 5 heteroatoms. The first kappa shape index (κ1) is 10.5. The third-order valence-corrected chi connectivity index (χ3v) is 3.88. The van der Waals surface area contributed by atoms with E-state index in [4.69, 9.17) is 5.11 Å². The van der Waals surface area contributed by atoms with Gasteiger partial charge in [0.15, 0.2) is 0 Å². The van der Waals surface area contributed by atoms with E-state index < -0.39 is 5.97 Å². The van der Waals surface area contributed by atoms with Gasteiger partial charge in [0.2, 0.25) is 5.95 Å². The molecule has 0 radical (unpaired) electrons. The van der Waals surface area contributed by atoms with E-state index in [1.54, 1.807) is 6.92 Å². The first-order valence-electron chi connectivity index (χ1n) is 5.92. The maximum absolute atomic E-state index is 10.9. The molecule has 0 aromatic carbocycles.